The number of carboxylic acids is 1. The number of hydrogen-bond donors (Lipinski definition) is 6. The fourth-order valence-electron chi connectivity index (χ4n) is 9.76. The Hall–Kier alpha value is -7.46. The van der Waals surface area contributed by atoms with E-state index in [0.717, 1.165) is 16.5 Å². The molecular formula is C92H163N10O39P5S. The molecule has 0 saturated heterocycles. The number of ether oxygens (including phenoxy) is 8. The fourth-order valence-corrected chi connectivity index (χ4v) is 15.1. The van der Waals surface area contributed by atoms with E-state index in [1.165, 1.54) is 67.3 Å². The van der Waals surface area contributed by atoms with E-state index < -0.39 is 155 Å². The van der Waals surface area contributed by atoms with Crippen molar-refractivity contribution in [3.05, 3.63) is 127 Å². The van der Waals surface area contributed by atoms with Gasteiger partial charge >= 0.3 is 41.8 Å². The van der Waals surface area contributed by atoms with E-state index in [0.29, 0.717) is 68.2 Å². The third-order valence-corrected chi connectivity index (χ3v) is 24.5. The van der Waals surface area contributed by atoms with Crippen LogP contribution in [0.4, 0.5) is 0 Å². The normalized spacial score (nSPS) is 15.5. The van der Waals surface area contributed by atoms with Crippen molar-refractivity contribution in [3.63, 3.8) is 0 Å². The van der Waals surface area contributed by atoms with E-state index in [1.807, 2.05) is 143 Å². The number of quaternary nitrogens is 5. The Kier molecular flexibility index (Phi) is 72.1. The number of rotatable bonds is 72. The van der Waals surface area contributed by atoms with Crippen LogP contribution in [0.1, 0.15) is 74.3 Å². The van der Waals surface area contributed by atoms with Crippen LogP contribution in [-0.2, 0) is 160 Å². The number of carbonyl (C=O) groups excluding carboxylic acids is 9. The Morgan fingerprint density at radius 2 is 0.755 bits per heavy atom. The maximum atomic E-state index is 12.6. The van der Waals surface area contributed by atoms with Gasteiger partial charge in [0, 0.05) is 85.7 Å². The second kappa shape index (κ2) is 73.7. The summed E-state index contributed by atoms with van der Waals surface area (Å²) in [7, 11) is 6.76. The lowest BCUT2D eigenvalue weighted by Crippen LogP contribution is -2.51. The fraction of sp³-hybridized carbons (Fsp3) is 0.652. The molecule has 0 saturated carbocycles. The number of amides is 3. The minimum absolute atomic E-state index is 0.00831. The highest BCUT2D eigenvalue weighted by Crippen LogP contribution is 2.44. The lowest BCUT2D eigenvalue weighted by molar-refractivity contribution is -0.870. The Morgan fingerprint density at radius 3 is 1.07 bits per heavy atom. The molecule has 0 spiro atoms. The molecule has 55 heteroatoms. The summed E-state index contributed by atoms with van der Waals surface area (Å²) in [6.07, 6.45) is -3.68. The van der Waals surface area contributed by atoms with Gasteiger partial charge in [0.15, 0.2) is 0 Å². The summed E-state index contributed by atoms with van der Waals surface area (Å²) in [6.45, 7) is 31.7. The lowest BCUT2D eigenvalue weighted by atomic mass is 10.1. The van der Waals surface area contributed by atoms with Crippen LogP contribution in [0.15, 0.2) is 127 Å². The first-order valence-corrected chi connectivity index (χ1v) is 54.7. The van der Waals surface area contributed by atoms with Crippen LogP contribution in [0.25, 0.3) is 0 Å². The molecule has 0 aliphatic rings. The number of carboxylic acid groups (broad SMARTS) is 1. The van der Waals surface area contributed by atoms with Crippen molar-refractivity contribution in [3.8, 4) is 0 Å². The zero-order chi connectivity index (χ0) is 114. The van der Waals surface area contributed by atoms with E-state index in [-0.39, 0.29) is 145 Å². The second-order valence-electron chi connectivity index (χ2n) is 38.1. The number of benzene rings is 2. The summed E-state index contributed by atoms with van der Waals surface area (Å²) in [5.74, 6) is -6.79. The smallest absolute Gasteiger partial charge is 0.333 e. The predicted octanol–water partition coefficient (Wildman–Crippen LogP) is 3.09. The number of likely N-dealkylation sites (N-methyl/N-ethyl adjacent to an activating group) is 5. The number of nitrogens with zero attached hydrogens (tertiary/aromatic N) is 5. The molecule has 0 bridgehead atoms. The molecule has 0 heterocycles. The zero-order valence-corrected chi connectivity index (χ0v) is 95.1. The minimum atomic E-state index is -4.77. The molecule has 2 aromatic rings. The van der Waals surface area contributed by atoms with Gasteiger partial charge in [0.1, 0.15) is 135 Å². The summed E-state index contributed by atoms with van der Waals surface area (Å²) >= 11 is 1.40. The number of nitrogens with one attached hydrogen (secondary N) is 5. The van der Waals surface area contributed by atoms with Crippen molar-refractivity contribution in [1.29, 1.82) is 0 Å². The number of hydrogen-bond acceptors (Lipinski definition) is 42. The topological polar surface area (TPSA) is 618 Å². The third-order valence-electron chi connectivity index (χ3n) is 18.1. The van der Waals surface area contributed by atoms with Crippen molar-refractivity contribution in [1.82, 2.24) is 26.6 Å². The number of aliphatic carboxylic acids is 1. The SMILES string of the molecule is C=C(C)C(=O)OCC(CNC(C)C(=O)NC(C)=O)OP(=O)([O-])OCC[N+](C)(C)C.C=C(C)C(=O)OCC(CNC(C)C(=O)NC(Cc1ccccc1)C(=O)O)OP(=O)([O-])OCC[N+](C)(C)C.C=C(C)C(=O)OCC(CNCC(CC)C(=O)OCC)OP(=O)([O-])OCC[N+](C)(C)C.C=C(C)C(=O)OCC(CSc1ccccc1)OP(=O)([O-])OCC[N+](C)(C)C.C=CC(=O)OCC(COCCOC)OP(=O)([O-])OCC[N+](C)(C)C. The van der Waals surface area contributed by atoms with Gasteiger partial charge in [-0.05, 0) is 72.6 Å². The highest BCUT2D eigenvalue weighted by molar-refractivity contribution is 7.99. The molecule has 14 unspecified atom stereocenters. The van der Waals surface area contributed by atoms with Crippen molar-refractivity contribution >= 4 is 110 Å². The molecule has 147 heavy (non-hydrogen) atoms. The molecule has 2 rings (SSSR count). The Balaban J connectivity index is -0.00000178. The van der Waals surface area contributed by atoms with Crippen molar-refractivity contribution in [2.45, 2.75) is 129 Å². The van der Waals surface area contributed by atoms with E-state index >= 15 is 0 Å². The van der Waals surface area contributed by atoms with Crippen LogP contribution in [-0.4, -0.2) is 406 Å². The van der Waals surface area contributed by atoms with Gasteiger partial charge in [0.25, 0.3) is 39.1 Å². The molecule has 0 radical (unpaired) electrons. The third kappa shape index (κ3) is 82.9. The first-order chi connectivity index (χ1) is 67.6. The van der Waals surface area contributed by atoms with Crippen LogP contribution >= 0.6 is 50.9 Å². The molecule has 2 aromatic carbocycles. The Morgan fingerprint density at radius 1 is 0.429 bits per heavy atom. The maximum Gasteiger partial charge on any atom is 0.333 e. The van der Waals surface area contributed by atoms with Crippen LogP contribution in [0.2, 0.25) is 0 Å². The van der Waals surface area contributed by atoms with Crippen LogP contribution in [0.3, 0.4) is 0 Å². The lowest BCUT2D eigenvalue weighted by Gasteiger charge is -2.30. The van der Waals surface area contributed by atoms with Gasteiger partial charge in [-0.2, -0.15) is 0 Å². The number of methoxy groups -OCH3 is 1. The summed E-state index contributed by atoms with van der Waals surface area (Å²) in [5, 5.41) is 22.5. The van der Waals surface area contributed by atoms with Gasteiger partial charge in [-0.3, -0.25) is 47.3 Å². The molecular weight excluding hydrogens is 2060 g/mol. The van der Waals surface area contributed by atoms with Crippen molar-refractivity contribution in [2.24, 2.45) is 5.92 Å². The second-order valence-corrected chi connectivity index (χ2v) is 46.0. The molecule has 0 aliphatic carbocycles. The highest BCUT2D eigenvalue weighted by Gasteiger charge is 2.32. The van der Waals surface area contributed by atoms with Gasteiger partial charge < -0.3 is 156 Å². The minimum Gasteiger partial charge on any atom is -0.756 e. The molecule has 0 aromatic heterocycles. The standard InChI is InChI=1S/C24H38N3O9P.C19H37N2O8P.C18H28NO6PS.C17H32N3O8P.C14H28NO8P/c1-17(2)24(31)34-16-20(36-37(32,33)35-13-12-27(4,5)6)15-25-18(3)22(28)26-21(23(29)30)14-19-10-8-7-9-11-19;1-8-16(19(23)26-9-2)12-20-13-17(14-27-18(22)15(3)4)29-30(24,25)28-11-10-21(5,6)7;1-15(2)18(20)23-13-16(14-27-17-9-7-6-8-10-17)25-26(21,22)24-12-11-19(3,4)5;1-12(2)17(23)26-11-15(10-18-13(3)16(22)19-14(4)21)28-29(24,25)27-9-8-20(5,6)7;1-6-14(16)21-12-13(11-20-10-9-19-5)23-24(17,18)22-8-7-15(2,3)4/h7-11,18,20-21,25H,1,12-16H2,2-6H3,(H2-,26,28,29,30,32,33);16-17,20H,3,8-14H2,1-2,4-7H3;6-10,16H,1,11-14H2,2-5H3;13,15,18H,1,8-11H2,2-7H3,(H-,19,21,22,24,25);6,13H,1,7-12H2,2-5H3. The van der Waals surface area contributed by atoms with E-state index in [1.54, 1.807) is 37.3 Å². The average molecular weight is 2220 g/mol. The number of carbonyl (C=O) groups is 10. The van der Waals surface area contributed by atoms with E-state index in [4.69, 9.17) is 83.1 Å². The van der Waals surface area contributed by atoms with Gasteiger partial charge in [-0.15, -0.1) is 11.8 Å². The predicted molar refractivity (Wildman–Crippen MR) is 538 cm³/mol. The van der Waals surface area contributed by atoms with Crippen LogP contribution < -0.4 is 51.1 Å². The average Bonchev–Trinajstić information content (AvgIpc) is 0.901. The Labute approximate surface area is 870 Å². The van der Waals surface area contributed by atoms with E-state index in [9.17, 15) is 100 Å². The highest BCUT2D eigenvalue weighted by atomic mass is 32.2. The largest absolute Gasteiger partial charge is 0.756 e. The molecule has 0 aliphatic heterocycles. The van der Waals surface area contributed by atoms with Gasteiger partial charge in [0.05, 0.1) is 150 Å². The molecule has 6 N–H and O–H groups in total. The molecule has 49 nitrogen and oxygen atoms in total. The number of esters is 6. The monoisotopic (exact) mass is 2220 g/mol. The summed E-state index contributed by atoms with van der Waals surface area (Å²) in [5.41, 5.74) is 1.39. The first-order valence-electron chi connectivity index (χ1n) is 46.4. The van der Waals surface area contributed by atoms with Gasteiger partial charge in [0.2, 0.25) is 17.7 Å². The number of imide groups is 1. The van der Waals surface area contributed by atoms with Gasteiger partial charge in [-0.1, -0.05) is 88.3 Å². The molecule has 0 fully saturated rings. The summed E-state index contributed by atoms with van der Waals surface area (Å²) in [4.78, 5) is 178. The van der Waals surface area contributed by atoms with E-state index in [2.05, 4.69) is 59.5 Å². The van der Waals surface area contributed by atoms with Gasteiger partial charge in [-0.25, -0.2) is 28.8 Å². The Bertz CT molecular complexity index is 4600. The quantitative estimate of drug-likeness (QED) is 0.0105. The maximum absolute atomic E-state index is 12.6. The first kappa shape index (κ1) is 144. The molecule has 14 atom stereocenters. The van der Waals surface area contributed by atoms with Crippen LogP contribution in [0, 0.1) is 5.92 Å². The summed E-state index contributed by atoms with van der Waals surface area (Å²) in [6, 6.07) is 15.4. The van der Waals surface area contributed by atoms with Crippen molar-refractivity contribution < 1.29 is 206 Å². The number of phosphoric ester groups is 5. The number of phosphoric acid groups is 5. The van der Waals surface area contributed by atoms with Crippen LogP contribution in [0.5, 0.6) is 0 Å². The molecule has 3 amide bonds. The summed E-state index contributed by atoms with van der Waals surface area (Å²) < 4.78 is 153. The zero-order valence-electron chi connectivity index (χ0n) is 89.8. The molecule has 846 valence electrons. The van der Waals surface area contributed by atoms with Crippen molar-refractivity contribution in [2.75, 3.05) is 270 Å². The number of thioether (sulfide) groups is 1.